The number of ether oxygens (including phenoxy) is 1. The molecule has 3 fully saturated rings. The number of aromatic nitrogens is 1. The van der Waals surface area contributed by atoms with E-state index < -0.39 is 12.2 Å². The first-order valence-corrected chi connectivity index (χ1v) is 19.4. The number of amides is 3. The number of anilines is 1. The lowest BCUT2D eigenvalue weighted by atomic mass is 9.87. The maximum Gasteiger partial charge on any atom is 0.306 e. The highest BCUT2D eigenvalue weighted by Gasteiger charge is 2.42. The number of carboxylic acids is 1. The summed E-state index contributed by atoms with van der Waals surface area (Å²) in [6, 6.07) is 20.4. The summed E-state index contributed by atoms with van der Waals surface area (Å²) < 4.78 is 8.71. The largest absolute Gasteiger partial charge is 0.481 e. The zero-order valence-corrected chi connectivity index (χ0v) is 31.8. The molecule has 4 aromatic rings. The fraction of sp³-hybridized carbons (Fsp3) is 0.415. The van der Waals surface area contributed by atoms with E-state index in [1.807, 2.05) is 76.0 Å². The molecule has 1 saturated carbocycles. The summed E-state index contributed by atoms with van der Waals surface area (Å²) in [6.45, 7) is 2.33. The molecule has 2 saturated heterocycles. The molecule has 2 N–H and O–H groups in total. The Morgan fingerprint density at radius 3 is 2.41 bits per heavy atom. The lowest BCUT2D eigenvalue weighted by Crippen LogP contribution is -2.60. The van der Waals surface area contributed by atoms with Crippen molar-refractivity contribution in [1.82, 2.24) is 19.3 Å². The van der Waals surface area contributed by atoms with Crippen molar-refractivity contribution >= 4 is 63.5 Å². The third-order valence-corrected chi connectivity index (χ3v) is 11.8. The van der Waals surface area contributed by atoms with E-state index in [1.165, 1.54) is 0 Å². The molecule has 1 aliphatic carbocycles. The van der Waals surface area contributed by atoms with Crippen LogP contribution in [-0.2, 0) is 39.1 Å². The minimum absolute atomic E-state index is 0.00165. The van der Waals surface area contributed by atoms with Gasteiger partial charge in [0.15, 0.2) is 0 Å². The Morgan fingerprint density at radius 1 is 0.926 bits per heavy atom. The fourth-order valence-corrected chi connectivity index (χ4v) is 8.64. The van der Waals surface area contributed by atoms with E-state index >= 15 is 0 Å². The van der Waals surface area contributed by atoms with Crippen molar-refractivity contribution in [3.8, 4) is 0 Å². The van der Waals surface area contributed by atoms with Gasteiger partial charge in [-0.2, -0.15) is 0 Å². The zero-order valence-electron chi connectivity index (χ0n) is 30.3. The summed E-state index contributed by atoms with van der Waals surface area (Å²) in [7, 11) is 1.88. The van der Waals surface area contributed by atoms with Gasteiger partial charge < -0.3 is 29.5 Å². The number of carbonyl (C=O) groups excluding carboxylic acids is 3. The molecular formula is C41H45Cl2N5O6. The monoisotopic (exact) mass is 773 g/mol. The number of halogens is 2. The lowest BCUT2D eigenvalue weighted by Gasteiger charge is -2.44. The molecule has 3 amide bonds. The Labute approximate surface area is 324 Å². The normalized spacial score (nSPS) is 21.4. The van der Waals surface area contributed by atoms with Crippen LogP contribution in [0.15, 0.2) is 72.9 Å². The number of nitrogens with zero attached hydrogens (tertiary/aromatic N) is 4. The molecule has 0 spiro atoms. The second kappa shape index (κ2) is 16.5. The number of para-hydroxylation sites is 1. The molecule has 54 heavy (non-hydrogen) atoms. The van der Waals surface area contributed by atoms with Crippen LogP contribution in [0.4, 0.5) is 5.69 Å². The molecule has 2 aliphatic heterocycles. The van der Waals surface area contributed by atoms with Gasteiger partial charge in [0.2, 0.25) is 11.8 Å². The Hall–Kier alpha value is -4.42. The van der Waals surface area contributed by atoms with Crippen LogP contribution < -0.4 is 5.32 Å². The number of likely N-dealkylation sites (tertiary alicyclic amines) is 1. The Bertz CT molecular complexity index is 2030. The van der Waals surface area contributed by atoms with Crippen molar-refractivity contribution in [2.45, 2.75) is 69.9 Å². The summed E-state index contributed by atoms with van der Waals surface area (Å²) in [5.74, 6) is -1.63. The fourth-order valence-electron chi connectivity index (χ4n) is 8.17. The van der Waals surface area contributed by atoms with Gasteiger partial charge in [0, 0.05) is 55.3 Å². The van der Waals surface area contributed by atoms with Crippen molar-refractivity contribution in [2.24, 2.45) is 13.0 Å². The van der Waals surface area contributed by atoms with Crippen LogP contribution in [0.5, 0.6) is 0 Å². The topological polar surface area (TPSA) is 124 Å². The number of hydrogen-bond donors (Lipinski definition) is 2. The predicted octanol–water partition coefficient (Wildman–Crippen LogP) is 6.60. The third-order valence-electron chi connectivity index (χ3n) is 11.1. The molecule has 284 valence electrons. The van der Waals surface area contributed by atoms with Crippen molar-refractivity contribution < 1.29 is 29.0 Å². The van der Waals surface area contributed by atoms with Crippen molar-refractivity contribution in [3.63, 3.8) is 0 Å². The predicted molar refractivity (Wildman–Crippen MR) is 207 cm³/mol. The number of aryl methyl sites for hydroxylation is 1. The summed E-state index contributed by atoms with van der Waals surface area (Å²) in [5, 5.41) is 13.8. The number of carboxylic acid groups (broad SMARTS) is 1. The van der Waals surface area contributed by atoms with Gasteiger partial charge in [-0.15, -0.1) is 0 Å². The Morgan fingerprint density at radius 2 is 1.67 bits per heavy atom. The van der Waals surface area contributed by atoms with Crippen LogP contribution in [0.1, 0.15) is 60.0 Å². The molecule has 3 heterocycles. The maximum atomic E-state index is 14.1. The minimum atomic E-state index is -0.781. The first-order chi connectivity index (χ1) is 26.0. The standard InChI is InChI=1S/C41H45Cl2N5O6/c1-45-24-31(30-10-5-6-11-35(30)45)39(51)44-34-22-32(42)28(20-33(34)43)21-37(49)48-17-7-12-36(48)40(54-29-15-13-27(14-16-29)41(52)53)47-19-18-46(38(50)25-47)23-26-8-3-2-4-9-26/h2-6,8-11,20,22,24,27,29,36,40H,7,12-19,21,23,25H2,1H3,(H,44,51)(H,52,53)/t27-,29-,36-,40?/m0/s1. The number of piperazine rings is 1. The van der Waals surface area contributed by atoms with Crippen molar-refractivity contribution in [3.05, 3.63) is 99.7 Å². The zero-order chi connectivity index (χ0) is 37.9. The summed E-state index contributed by atoms with van der Waals surface area (Å²) in [4.78, 5) is 58.4. The van der Waals surface area contributed by atoms with E-state index in [4.69, 9.17) is 27.9 Å². The van der Waals surface area contributed by atoms with E-state index in [9.17, 15) is 24.3 Å². The van der Waals surface area contributed by atoms with Crippen LogP contribution in [0.3, 0.4) is 0 Å². The van der Waals surface area contributed by atoms with Gasteiger partial charge in [0.25, 0.3) is 5.91 Å². The number of benzene rings is 3. The van der Waals surface area contributed by atoms with Gasteiger partial charge in [-0.25, -0.2) is 0 Å². The molecule has 13 heteroatoms. The molecular weight excluding hydrogens is 729 g/mol. The number of nitrogens with one attached hydrogen (secondary N) is 1. The first kappa shape index (κ1) is 37.9. The van der Waals surface area contributed by atoms with E-state index in [0.717, 1.165) is 22.9 Å². The molecule has 1 aromatic heterocycles. The summed E-state index contributed by atoms with van der Waals surface area (Å²) in [5.41, 5.74) is 3.38. The molecule has 11 nitrogen and oxygen atoms in total. The summed E-state index contributed by atoms with van der Waals surface area (Å²) >= 11 is 13.4. The first-order valence-electron chi connectivity index (χ1n) is 18.6. The van der Waals surface area contributed by atoms with Crippen LogP contribution in [0, 0.1) is 5.92 Å². The minimum Gasteiger partial charge on any atom is -0.481 e. The van der Waals surface area contributed by atoms with Crippen molar-refractivity contribution in [1.29, 1.82) is 0 Å². The molecule has 3 aromatic carbocycles. The van der Waals surface area contributed by atoms with Crippen LogP contribution in [0.25, 0.3) is 10.9 Å². The van der Waals surface area contributed by atoms with E-state index in [1.54, 1.807) is 18.3 Å². The van der Waals surface area contributed by atoms with Gasteiger partial charge in [-0.3, -0.25) is 24.1 Å². The average molecular weight is 775 g/mol. The number of hydrogen-bond acceptors (Lipinski definition) is 6. The molecule has 3 aliphatic rings. The van der Waals surface area contributed by atoms with Gasteiger partial charge in [0.05, 0.1) is 47.3 Å². The van der Waals surface area contributed by atoms with Crippen LogP contribution in [-0.4, -0.2) is 92.6 Å². The number of aliphatic carboxylic acids is 1. The maximum absolute atomic E-state index is 14.1. The van der Waals surface area contributed by atoms with Gasteiger partial charge in [-0.1, -0.05) is 71.7 Å². The number of rotatable bonds is 11. The highest BCUT2D eigenvalue weighted by molar-refractivity contribution is 6.36. The second-order valence-corrected chi connectivity index (χ2v) is 15.4. The van der Waals surface area contributed by atoms with Crippen LogP contribution in [0.2, 0.25) is 10.0 Å². The molecule has 7 rings (SSSR count). The van der Waals surface area contributed by atoms with E-state index in [2.05, 4.69) is 10.2 Å². The van der Waals surface area contributed by atoms with Gasteiger partial charge >= 0.3 is 5.97 Å². The van der Waals surface area contributed by atoms with Gasteiger partial charge in [-0.05, 0) is 67.9 Å². The number of fused-ring (bicyclic) bond motifs is 1. The third kappa shape index (κ3) is 8.29. The summed E-state index contributed by atoms with van der Waals surface area (Å²) in [6.07, 6.45) is 4.80. The quantitative estimate of drug-likeness (QED) is 0.176. The van der Waals surface area contributed by atoms with Crippen LogP contribution >= 0.6 is 23.2 Å². The molecule has 2 atom stereocenters. The average Bonchev–Trinajstić information content (AvgIpc) is 3.79. The highest BCUT2D eigenvalue weighted by Crippen LogP contribution is 2.35. The van der Waals surface area contributed by atoms with E-state index in [0.29, 0.717) is 80.1 Å². The molecule has 1 unspecified atom stereocenters. The van der Waals surface area contributed by atoms with Gasteiger partial charge in [0.1, 0.15) is 6.23 Å². The number of carbonyl (C=O) groups is 4. The molecule has 0 radical (unpaired) electrons. The second-order valence-electron chi connectivity index (χ2n) is 14.6. The molecule has 0 bridgehead atoms. The SMILES string of the molecule is Cn1cc(C(=O)Nc2cc(Cl)c(CC(=O)N3CCC[C@H]3C(O[C@H]3CC[C@H](C(=O)O)CC3)N3CCN(Cc4ccccc4)C(=O)C3)cc2Cl)c2ccccc21. The highest BCUT2D eigenvalue weighted by atomic mass is 35.5. The Kier molecular flexibility index (Phi) is 11.6. The lowest BCUT2D eigenvalue weighted by molar-refractivity contribution is -0.170. The smallest absolute Gasteiger partial charge is 0.306 e. The van der Waals surface area contributed by atoms with E-state index in [-0.39, 0.29) is 53.8 Å². The Balaban J connectivity index is 1.06. The van der Waals surface area contributed by atoms with Crippen molar-refractivity contribution in [2.75, 3.05) is 31.5 Å².